The highest BCUT2D eigenvalue weighted by Crippen LogP contribution is 2.24. The smallest absolute Gasteiger partial charge is 0.148 e. The van der Waals surface area contributed by atoms with Crippen molar-refractivity contribution in [2.75, 3.05) is 20.0 Å². The second-order valence-electron chi connectivity index (χ2n) is 4.64. The largest absolute Gasteiger partial charge is 0.497 e. The van der Waals surface area contributed by atoms with Gasteiger partial charge in [0, 0.05) is 17.3 Å². The van der Waals surface area contributed by atoms with Crippen LogP contribution in [0.5, 0.6) is 11.5 Å². The van der Waals surface area contributed by atoms with Gasteiger partial charge in [0.05, 0.1) is 14.2 Å². The minimum absolute atomic E-state index is 0.603. The molecule has 0 unspecified atom stereocenters. The molecule has 20 heavy (non-hydrogen) atoms. The zero-order valence-corrected chi connectivity index (χ0v) is 12.2. The summed E-state index contributed by atoms with van der Waals surface area (Å²) >= 11 is 0. The summed E-state index contributed by atoms with van der Waals surface area (Å²) in [6, 6.07) is 5.91. The van der Waals surface area contributed by atoms with E-state index in [9.17, 15) is 0 Å². The average molecular weight is 275 g/mol. The number of aromatic nitrogens is 2. The van der Waals surface area contributed by atoms with Crippen molar-refractivity contribution in [3.05, 3.63) is 35.0 Å². The van der Waals surface area contributed by atoms with Crippen LogP contribution in [0.15, 0.2) is 18.2 Å². The second-order valence-corrected chi connectivity index (χ2v) is 4.64. The SMILES string of the molecule is CCc1c(N)n[nH]c1CCc1cc(OC)cc(OC)c1. The summed E-state index contributed by atoms with van der Waals surface area (Å²) in [6.45, 7) is 2.08. The van der Waals surface area contributed by atoms with Crippen LogP contribution in [0, 0.1) is 0 Å². The van der Waals surface area contributed by atoms with Crippen LogP contribution in [-0.4, -0.2) is 24.4 Å². The first-order valence-corrected chi connectivity index (χ1v) is 6.71. The molecule has 2 aromatic rings. The number of aromatic amines is 1. The summed E-state index contributed by atoms with van der Waals surface area (Å²) in [4.78, 5) is 0. The van der Waals surface area contributed by atoms with E-state index >= 15 is 0 Å². The summed E-state index contributed by atoms with van der Waals surface area (Å²) in [5.74, 6) is 2.21. The molecule has 1 heterocycles. The summed E-state index contributed by atoms with van der Waals surface area (Å²) in [6.07, 6.45) is 2.63. The van der Waals surface area contributed by atoms with Crippen molar-refractivity contribution in [1.82, 2.24) is 10.2 Å². The summed E-state index contributed by atoms with van der Waals surface area (Å²) < 4.78 is 10.6. The molecule has 1 aromatic carbocycles. The maximum absolute atomic E-state index is 5.83. The van der Waals surface area contributed by atoms with E-state index in [4.69, 9.17) is 15.2 Å². The molecule has 2 rings (SSSR count). The molecule has 0 atom stereocenters. The van der Waals surface area contributed by atoms with Gasteiger partial charge in [-0.2, -0.15) is 5.10 Å². The van der Waals surface area contributed by atoms with Gasteiger partial charge in [-0.05, 0) is 37.0 Å². The zero-order chi connectivity index (χ0) is 14.5. The van der Waals surface area contributed by atoms with Gasteiger partial charge < -0.3 is 15.2 Å². The highest BCUT2D eigenvalue weighted by atomic mass is 16.5. The number of hydrogen-bond acceptors (Lipinski definition) is 4. The van der Waals surface area contributed by atoms with Crippen LogP contribution in [0.4, 0.5) is 5.82 Å². The molecule has 5 nitrogen and oxygen atoms in total. The Kier molecular flexibility index (Phi) is 4.50. The minimum atomic E-state index is 0.603. The molecule has 0 saturated carbocycles. The zero-order valence-electron chi connectivity index (χ0n) is 12.2. The fraction of sp³-hybridized carbons (Fsp3) is 0.400. The molecule has 3 N–H and O–H groups in total. The lowest BCUT2D eigenvalue weighted by Gasteiger charge is -2.08. The van der Waals surface area contributed by atoms with Crippen LogP contribution < -0.4 is 15.2 Å². The third-order valence-corrected chi connectivity index (χ3v) is 3.41. The van der Waals surface area contributed by atoms with Crippen molar-refractivity contribution >= 4 is 5.82 Å². The Hall–Kier alpha value is -2.17. The number of nitrogens with one attached hydrogen (secondary N) is 1. The number of rotatable bonds is 6. The quantitative estimate of drug-likeness (QED) is 0.848. The first-order valence-electron chi connectivity index (χ1n) is 6.71. The van der Waals surface area contributed by atoms with E-state index in [1.54, 1.807) is 14.2 Å². The normalized spacial score (nSPS) is 10.6. The molecule has 1 aromatic heterocycles. The number of hydrogen-bond donors (Lipinski definition) is 2. The number of methoxy groups -OCH3 is 2. The molecule has 0 aliphatic rings. The van der Waals surface area contributed by atoms with Crippen molar-refractivity contribution in [3.8, 4) is 11.5 Å². The molecule has 5 heteroatoms. The molecule has 108 valence electrons. The Labute approximate surface area is 119 Å². The molecule has 0 bridgehead atoms. The van der Waals surface area contributed by atoms with E-state index in [0.717, 1.165) is 47.6 Å². The lowest BCUT2D eigenvalue weighted by molar-refractivity contribution is 0.393. The fourth-order valence-corrected chi connectivity index (χ4v) is 2.30. The molecular formula is C15H21N3O2. The number of H-pyrrole nitrogens is 1. The third-order valence-electron chi connectivity index (χ3n) is 3.41. The van der Waals surface area contributed by atoms with Crippen LogP contribution in [0.3, 0.4) is 0 Å². The Morgan fingerprint density at radius 1 is 1.10 bits per heavy atom. The number of nitrogens with zero attached hydrogens (tertiary/aromatic N) is 1. The number of aryl methyl sites for hydroxylation is 2. The average Bonchev–Trinajstić information content (AvgIpc) is 2.84. The molecule has 0 aliphatic carbocycles. The van der Waals surface area contributed by atoms with Gasteiger partial charge in [-0.25, -0.2) is 0 Å². The third kappa shape index (κ3) is 3.04. The number of benzene rings is 1. The van der Waals surface area contributed by atoms with Gasteiger partial charge in [0.1, 0.15) is 17.3 Å². The maximum Gasteiger partial charge on any atom is 0.148 e. The van der Waals surface area contributed by atoms with Crippen LogP contribution in [0.2, 0.25) is 0 Å². The molecule has 0 aliphatic heterocycles. The predicted octanol–water partition coefficient (Wildman–Crippen LogP) is 2.36. The van der Waals surface area contributed by atoms with Gasteiger partial charge in [-0.3, -0.25) is 5.10 Å². The van der Waals surface area contributed by atoms with E-state index < -0.39 is 0 Å². The first-order chi connectivity index (χ1) is 9.67. The predicted molar refractivity (Wildman–Crippen MR) is 79.3 cm³/mol. The van der Waals surface area contributed by atoms with Crippen molar-refractivity contribution in [2.45, 2.75) is 26.2 Å². The Balaban J connectivity index is 2.14. The van der Waals surface area contributed by atoms with E-state index in [0.29, 0.717) is 5.82 Å². The van der Waals surface area contributed by atoms with Crippen molar-refractivity contribution in [2.24, 2.45) is 0 Å². The summed E-state index contributed by atoms with van der Waals surface area (Å²) in [7, 11) is 3.31. The Bertz CT molecular complexity index is 556. The van der Waals surface area contributed by atoms with Gasteiger partial charge >= 0.3 is 0 Å². The Morgan fingerprint density at radius 2 is 1.75 bits per heavy atom. The minimum Gasteiger partial charge on any atom is -0.497 e. The van der Waals surface area contributed by atoms with Crippen molar-refractivity contribution in [1.29, 1.82) is 0 Å². The van der Waals surface area contributed by atoms with E-state index in [2.05, 4.69) is 17.1 Å². The monoisotopic (exact) mass is 275 g/mol. The van der Waals surface area contributed by atoms with Crippen molar-refractivity contribution < 1.29 is 9.47 Å². The highest BCUT2D eigenvalue weighted by Gasteiger charge is 2.09. The van der Waals surface area contributed by atoms with Crippen LogP contribution >= 0.6 is 0 Å². The Morgan fingerprint density at radius 3 is 2.30 bits per heavy atom. The lowest BCUT2D eigenvalue weighted by Crippen LogP contribution is -1.98. The van der Waals surface area contributed by atoms with E-state index in [1.165, 1.54) is 0 Å². The number of ether oxygens (including phenoxy) is 2. The molecule has 0 radical (unpaired) electrons. The highest BCUT2D eigenvalue weighted by molar-refractivity contribution is 5.43. The molecule has 0 fully saturated rings. The van der Waals surface area contributed by atoms with E-state index in [1.807, 2.05) is 18.2 Å². The molecular weight excluding hydrogens is 254 g/mol. The standard InChI is InChI=1S/C15H21N3O2/c1-4-13-14(17-18-15(13)16)6-5-10-7-11(19-2)9-12(8-10)20-3/h7-9H,4-6H2,1-3H3,(H3,16,17,18). The summed E-state index contributed by atoms with van der Waals surface area (Å²) in [5, 5.41) is 7.09. The second kappa shape index (κ2) is 6.32. The number of nitrogen functional groups attached to an aromatic ring is 1. The molecule has 0 saturated heterocycles. The summed E-state index contributed by atoms with van der Waals surface area (Å²) in [5.41, 5.74) is 9.21. The van der Waals surface area contributed by atoms with Crippen LogP contribution in [0.25, 0.3) is 0 Å². The number of nitrogens with two attached hydrogens (primary N) is 1. The van der Waals surface area contributed by atoms with Crippen LogP contribution in [0.1, 0.15) is 23.7 Å². The van der Waals surface area contributed by atoms with Gasteiger partial charge in [0.15, 0.2) is 0 Å². The van der Waals surface area contributed by atoms with Crippen molar-refractivity contribution in [3.63, 3.8) is 0 Å². The van der Waals surface area contributed by atoms with Gasteiger partial charge in [0.2, 0.25) is 0 Å². The maximum atomic E-state index is 5.83. The topological polar surface area (TPSA) is 73.2 Å². The van der Waals surface area contributed by atoms with Gasteiger partial charge in [-0.1, -0.05) is 6.92 Å². The molecule has 0 amide bonds. The first kappa shape index (κ1) is 14.2. The fourth-order valence-electron chi connectivity index (χ4n) is 2.30. The van der Waals surface area contributed by atoms with Crippen LogP contribution in [-0.2, 0) is 19.3 Å². The molecule has 0 spiro atoms. The number of anilines is 1. The van der Waals surface area contributed by atoms with Gasteiger partial charge in [0.25, 0.3) is 0 Å². The van der Waals surface area contributed by atoms with E-state index in [-0.39, 0.29) is 0 Å². The lowest BCUT2D eigenvalue weighted by atomic mass is 10.0. The van der Waals surface area contributed by atoms with Gasteiger partial charge in [-0.15, -0.1) is 0 Å².